The molecule has 0 aromatic heterocycles. The van der Waals surface area contributed by atoms with Gasteiger partial charge < -0.3 is 5.11 Å². The molecular weight excluding hydrogens is 440 g/mol. The summed E-state index contributed by atoms with van der Waals surface area (Å²) in [6.45, 7) is 4.47. The minimum absolute atomic E-state index is 0.138. The van der Waals surface area contributed by atoms with Crippen molar-refractivity contribution in [1.82, 2.24) is 0 Å². The van der Waals surface area contributed by atoms with Crippen LogP contribution in [0.1, 0.15) is 155 Å². The molecule has 208 valence electrons. The topological polar surface area (TPSA) is 37.3 Å². The fourth-order valence-electron chi connectivity index (χ4n) is 4.38. The summed E-state index contributed by atoms with van der Waals surface area (Å²) >= 11 is 0. The van der Waals surface area contributed by atoms with E-state index in [0.29, 0.717) is 0 Å². The van der Waals surface area contributed by atoms with Crippen LogP contribution in [0.3, 0.4) is 0 Å². The van der Waals surface area contributed by atoms with Gasteiger partial charge in [0.15, 0.2) is 0 Å². The molecule has 0 aliphatic carbocycles. The summed E-state index contributed by atoms with van der Waals surface area (Å²) in [5.74, 6) is -0.728. The van der Waals surface area contributed by atoms with Crippen molar-refractivity contribution in [3.63, 3.8) is 0 Å². The first-order chi connectivity index (χ1) is 17.7. The van der Waals surface area contributed by atoms with Crippen LogP contribution in [0.4, 0.5) is 0 Å². The summed E-state index contributed by atoms with van der Waals surface area (Å²) in [7, 11) is 0. The SMILES string of the molecule is CCCCC=CCCC=CCCCCCCC(CCCCCCC=CCCC=CCCCC)C(=O)O. The largest absolute Gasteiger partial charge is 0.481 e. The Morgan fingerprint density at radius 1 is 0.472 bits per heavy atom. The molecule has 0 aromatic carbocycles. The molecule has 0 bridgehead atoms. The number of hydrogen-bond acceptors (Lipinski definition) is 1. The maximum absolute atomic E-state index is 11.6. The summed E-state index contributed by atoms with van der Waals surface area (Å²) in [6.07, 6.45) is 44.1. The normalized spacial score (nSPS) is 13.2. The standard InChI is InChI=1S/C34H60O2/c1-3-5-7-9-11-13-15-17-19-21-23-25-27-29-31-33(34(35)36)32-30-28-26-24-22-20-18-16-14-12-10-8-6-4-2/h9-12,17-20,33H,3-8,13-16,21-32H2,1-2H3,(H,35,36). The molecular formula is C34H60O2. The van der Waals surface area contributed by atoms with Crippen molar-refractivity contribution in [2.75, 3.05) is 0 Å². The highest BCUT2D eigenvalue weighted by Crippen LogP contribution is 2.19. The number of aliphatic carboxylic acids is 1. The van der Waals surface area contributed by atoms with E-state index < -0.39 is 5.97 Å². The van der Waals surface area contributed by atoms with Crippen LogP contribution < -0.4 is 0 Å². The third-order valence-corrected chi connectivity index (χ3v) is 6.81. The Labute approximate surface area is 225 Å². The second-order valence-corrected chi connectivity index (χ2v) is 10.3. The van der Waals surface area contributed by atoms with Crippen LogP contribution in [0.25, 0.3) is 0 Å². The van der Waals surface area contributed by atoms with Gasteiger partial charge in [0.05, 0.1) is 5.92 Å². The van der Waals surface area contributed by atoms with Gasteiger partial charge >= 0.3 is 5.97 Å². The van der Waals surface area contributed by atoms with E-state index in [-0.39, 0.29) is 5.92 Å². The van der Waals surface area contributed by atoms with E-state index in [0.717, 1.165) is 64.2 Å². The molecule has 0 saturated heterocycles. The van der Waals surface area contributed by atoms with Crippen molar-refractivity contribution in [3.8, 4) is 0 Å². The van der Waals surface area contributed by atoms with Gasteiger partial charge in [-0.1, -0.05) is 127 Å². The zero-order chi connectivity index (χ0) is 26.4. The fraction of sp³-hybridized carbons (Fsp3) is 0.735. The molecule has 36 heavy (non-hydrogen) atoms. The zero-order valence-electron chi connectivity index (χ0n) is 24.1. The van der Waals surface area contributed by atoms with Gasteiger partial charge in [0.1, 0.15) is 0 Å². The number of hydrogen-bond donors (Lipinski definition) is 1. The van der Waals surface area contributed by atoms with Crippen molar-refractivity contribution in [1.29, 1.82) is 0 Å². The lowest BCUT2D eigenvalue weighted by Crippen LogP contribution is -2.13. The van der Waals surface area contributed by atoms with Gasteiger partial charge in [-0.3, -0.25) is 4.79 Å². The van der Waals surface area contributed by atoms with E-state index in [4.69, 9.17) is 0 Å². The van der Waals surface area contributed by atoms with Gasteiger partial charge in [0.25, 0.3) is 0 Å². The van der Waals surface area contributed by atoms with E-state index in [1.54, 1.807) is 0 Å². The number of carbonyl (C=O) groups is 1. The van der Waals surface area contributed by atoms with Crippen molar-refractivity contribution in [2.45, 2.75) is 155 Å². The van der Waals surface area contributed by atoms with Crippen molar-refractivity contribution in [2.24, 2.45) is 5.92 Å². The molecule has 0 aliphatic rings. The molecule has 0 aromatic rings. The molecule has 0 aliphatic heterocycles. The van der Waals surface area contributed by atoms with Crippen LogP contribution in [0.2, 0.25) is 0 Å². The maximum atomic E-state index is 11.6. The highest BCUT2D eigenvalue weighted by Gasteiger charge is 2.16. The third-order valence-electron chi connectivity index (χ3n) is 6.81. The van der Waals surface area contributed by atoms with Gasteiger partial charge in [-0.15, -0.1) is 0 Å². The Bertz CT molecular complexity index is 526. The summed E-state index contributed by atoms with van der Waals surface area (Å²) in [6, 6.07) is 0. The Morgan fingerprint density at radius 3 is 1.11 bits per heavy atom. The van der Waals surface area contributed by atoms with Crippen LogP contribution in [-0.4, -0.2) is 11.1 Å². The Hall–Kier alpha value is -1.57. The average Bonchev–Trinajstić information content (AvgIpc) is 2.87. The van der Waals surface area contributed by atoms with E-state index in [2.05, 4.69) is 62.5 Å². The predicted molar refractivity (Wildman–Crippen MR) is 161 cm³/mol. The zero-order valence-corrected chi connectivity index (χ0v) is 24.1. The van der Waals surface area contributed by atoms with Crippen LogP contribution >= 0.6 is 0 Å². The number of rotatable bonds is 27. The summed E-state index contributed by atoms with van der Waals surface area (Å²) in [5, 5.41) is 9.55. The molecule has 0 saturated carbocycles. The highest BCUT2D eigenvalue weighted by molar-refractivity contribution is 5.69. The number of allylic oxidation sites excluding steroid dienone is 8. The molecule has 1 N–H and O–H groups in total. The Morgan fingerprint density at radius 2 is 0.778 bits per heavy atom. The highest BCUT2D eigenvalue weighted by atomic mass is 16.4. The fourth-order valence-corrected chi connectivity index (χ4v) is 4.38. The van der Waals surface area contributed by atoms with Gasteiger partial charge in [-0.25, -0.2) is 0 Å². The van der Waals surface area contributed by atoms with Gasteiger partial charge in [0.2, 0.25) is 0 Å². The molecule has 2 nitrogen and oxygen atoms in total. The van der Waals surface area contributed by atoms with Crippen LogP contribution in [-0.2, 0) is 4.79 Å². The predicted octanol–water partition coefficient (Wildman–Crippen LogP) is 11.5. The Balaban J connectivity index is 3.58. The molecule has 0 atom stereocenters. The molecule has 0 radical (unpaired) electrons. The quantitative estimate of drug-likeness (QED) is 0.0899. The third kappa shape index (κ3) is 27.0. The second-order valence-electron chi connectivity index (χ2n) is 10.3. The smallest absolute Gasteiger partial charge is 0.306 e. The summed E-state index contributed by atoms with van der Waals surface area (Å²) < 4.78 is 0. The molecule has 0 unspecified atom stereocenters. The number of carboxylic acid groups (broad SMARTS) is 1. The molecule has 0 amide bonds. The minimum atomic E-state index is -0.589. The first kappa shape index (κ1) is 34.4. The molecule has 0 heterocycles. The molecule has 0 rings (SSSR count). The van der Waals surface area contributed by atoms with Crippen molar-refractivity contribution < 1.29 is 9.90 Å². The van der Waals surface area contributed by atoms with Crippen LogP contribution in [0, 0.1) is 5.92 Å². The van der Waals surface area contributed by atoms with E-state index in [9.17, 15) is 9.90 Å². The first-order valence-corrected chi connectivity index (χ1v) is 15.5. The van der Waals surface area contributed by atoms with E-state index in [1.807, 2.05) is 0 Å². The van der Waals surface area contributed by atoms with Crippen molar-refractivity contribution in [3.05, 3.63) is 48.6 Å². The second kappa shape index (κ2) is 29.7. The Kier molecular flexibility index (Phi) is 28.4. The lowest BCUT2D eigenvalue weighted by molar-refractivity contribution is -0.142. The van der Waals surface area contributed by atoms with Gasteiger partial charge in [-0.2, -0.15) is 0 Å². The number of unbranched alkanes of at least 4 members (excludes halogenated alkanes) is 14. The first-order valence-electron chi connectivity index (χ1n) is 15.5. The van der Waals surface area contributed by atoms with Crippen molar-refractivity contribution >= 4 is 5.97 Å². The molecule has 0 spiro atoms. The average molecular weight is 501 g/mol. The summed E-state index contributed by atoms with van der Waals surface area (Å²) in [4.78, 5) is 11.6. The lowest BCUT2D eigenvalue weighted by Gasteiger charge is -2.12. The van der Waals surface area contributed by atoms with E-state index >= 15 is 0 Å². The maximum Gasteiger partial charge on any atom is 0.306 e. The number of carboxylic acids is 1. The van der Waals surface area contributed by atoms with Crippen LogP contribution in [0.5, 0.6) is 0 Å². The lowest BCUT2D eigenvalue weighted by atomic mass is 9.94. The monoisotopic (exact) mass is 500 g/mol. The van der Waals surface area contributed by atoms with E-state index in [1.165, 1.54) is 77.0 Å². The molecule has 2 heteroatoms. The molecule has 0 fully saturated rings. The van der Waals surface area contributed by atoms with Gasteiger partial charge in [0, 0.05) is 0 Å². The summed E-state index contributed by atoms with van der Waals surface area (Å²) in [5.41, 5.74) is 0. The minimum Gasteiger partial charge on any atom is -0.481 e. The van der Waals surface area contributed by atoms with Crippen LogP contribution in [0.15, 0.2) is 48.6 Å². The van der Waals surface area contributed by atoms with Gasteiger partial charge in [-0.05, 0) is 77.0 Å².